The minimum Gasteiger partial charge on any atom is -0.497 e. The van der Waals surface area contributed by atoms with Gasteiger partial charge in [0.25, 0.3) is 0 Å². The molecule has 1 fully saturated rings. The van der Waals surface area contributed by atoms with Crippen LogP contribution in [-0.2, 0) is 17.8 Å². The summed E-state index contributed by atoms with van der Waals surface area (Å²) in [6.45, 7) is 1.44. The summed E-state index contributed by atoms with van der Waals surface area (Å²) in [6, 6.07) is 20.4. The fraction of sp³-hybridized carbons (Fsp3) is 0.240. The van der Waals surface area contributed by atoms with E-state index in [2.05, 4.69) is 10.3 Å². The van der Waals surface area contributed by atoms with E-state index in [1.807, 2.05) is 66.7 Å². The van der Waals surface area contributed by atoms with E-state index in [1.165, 1.54) is 0 Å². The second kappa shape index (κ2) is 9.96. The van der Waals surface area contributed by atoms with Crippen molar-refractivity contribution in [3.05, 3.63) is 90.3 Å². The summed E-state index contributed by atoms with van der Waals surface area (Å²) in [5, 5.41) is 2.96. The van der Waals surface area contributed by atoms with Gasteiger partial charge in [-0.2, -0.15) is 0 Å². The number of nitrogens with one attached hydrogen (secondary N) is 1. The van der Waals surface area contributed by atoms with Gasteiger partial charge in [-0.1, -0.05) is 36.4 Å². The SMILES string of the molecule is COc1cccc(CC(=O)N2CC(N(Cc3cccnc3)C(=O)Nc3ccccc3)C2)c1. The molecule has 2 heterocycles. The van der Waals surface area contributed by atoms with E-state index in [1.54, 1.807) is 29.3 Å². The Balaban J connectivity index is 1.40. The molecule has 7 nitrogen and oxygen atoms in total. The maximum Gasteiger partial charge on any atom is 0.322 e. The lowest BCUT2D eigenvalue weighted by Crippen LogP contribution is -2.62. The molecular weight excluding hydrogens is 404 g/mol. The molecule has 3 amide bonds. The lowest BCUT2D eigenvalue weighted by Gasteiger charge is -2.45. The number of rotatable bonds is 7. The highest BCUT2D eigenvalue weighted by molar-refractivity contribution is 5.90. The van der Waals surface area contributed by atoms with E-state index in [0.29, 0.717) is 26.1 Å². The van der Waals surface area contributed by atoms with Crippen LogP contribution >= 0.6 is 0 Å². The van der Waals surface area contributed by atoms with Gasteiger partial charge in [-0.25, -0.2) is 4.79 Å². The number of amides is 3. The van der Waals surface area contributed by atoms with Gasteiger partial charge in [0.05, 0.1) is 19.6 Å². The minimum absolute atomic E-state index is 0.0410. The summed E-state index contributed by atoms with van der Waals surface area (Å²) in [5.74, 6) is 0.774. The van der Waals surface area contributed by atoms with Crippen molar-refractivity contribution in [3.63, 3.8) is 0 Å². The topological polar surface area (TPSA) is 74.8 Å². The van der Waals surface area contributed by atoms with Gasteiger partial charge in [-0.3, -0.25) is 9.78 Å². The zero-order chi connectivity index (χ0) is 22.3. The number of para-hydroxylation sites is 1. The van der Waals surface area contributed by atoms with Gasteiger partial charge in [-0.05, 0) is 41.5 Å². The number of methoxy groups -OCH3 is 1. The third-order valence-electron chi connectivity index (χ3n) is 5.51. The van der Waals surface area contributed by atoms with Crippen LogP contribution in [0.25, 0.3) is 0 Å². The van der Waals surface area contributed by atoms with E-state index in [-0.39, 0.29) is 18.0 Å². The molecule has 1 aliphatic heterocycles. The lowest BCUT2D eigenvalue weighted by molar-refractivity contribution is -0.137. The zero-order valence-corrected chi connectivity index (χ0v) is 18.0. The number of likely N-dealkylation sites (tertiary alicyclic amines) is 1. The van der Waals surface area contributed by atoms with Crippen molar-refractivity contribution in [2.45, 2.75) is 19.0 Å². The van der Waals surface area contributed by atoms with Gasteiger partial charge in [0, 0.05) is 37.7 Å². The molecule has 3 aromatic rings. The van der Waals surface area contributed by atoms with Crippen LogP contribution in [0, 0.1) is 0 Å². The lowest BCUT2D eigenvalue weighted by atomic mass is 10.0. The van der Waals surface area contributed by atoms with Crippen LogP contribution < -0.4 is 10.1 Å². The van der Waals surface area contributed by atoms with Crippen LogP contribution in [0.15, 0.2) is 79.1 Å². The van der Waals surface area contributed by atoms with Gasteiger partial charge in [-0.15, -0.1) is 0 Å². The van der Waals surface area contributed by atoms with Crippen LogP contribution in [-0.4, -0.2) is 53.0 Å². The smallest absolute Gasteiger partial charge is 0.322 e. The van der Waals surface area contributed by atoms with Gasteiger partial charge in [0.1, 0.15) is 5.75 Å². The molecule has 7 heteroatoms. The normalized spacial score (nSPS) is 13.2. The number of carbonyl (C=O) groups is 2. The summed E-state index contributed by atoms with van der Waals surface area (Å²) in [5.41, 5.74) is 2.59. The molecule has 0 unspecified atom stereocenters. The zero-order valence-electron chi connectivity index (χ0n) is 18.0. The van der Waals surface area contributed by atoms with Crippen LogP contribution in [0.5, 0.6) is 5.75 Å². The maximum absolute atomic E-state index is 13.1. The van der Waals surface area contributed by atoms with E-state index in [0.717, 1.165) is 22.6 Å². The average molecular weight is 431 g/mol. The highest BCUT2D eigenvalue weighted by Crippen LogP contribution is 2.21. The second-order valence-electron chi connectivity index (χ2n) is 7.77. The van der Waals surface area contributed by atoms with Crippen LogP contribution in [0.3, 0.4) is 0 Å². The molecule has 0 spiro atoms. The quantitative estimate of drug-likeness (QED) is 0.622. The van der Waals surface area contributed by atoms with Crippen molar-refractivity contribution >= 4 is 17.6 Å². The van der Waals surface area contributed by atoms with Crippen LogP contribution in [0.4, 0.5) is 10.5 Å². The molecule has 0 bridgehead atoms. The van der Waals surface area contributed by atoms with Gasteiger partial charge in [0.15, 0.2) is 0 Å². The maximum atomic E-state index is 13.1. The third-order valence-corrected chi connectivity index (χ3v) is 5.51. The Labute approximate surface area is 187 Å². The summed E-state index contributed by atoms with van der Waals surface area (Å²) >= 11 is 0. The molecule has 32 heavy (non-hydrogen) atoms. The molecule has 1 aliphatic rings. The van der Waals surface area contributed by atoms with E-state index < -0.39 is 0 Å². The molecule has 4 rings (SSSR count). The Morgan fingerprint density at radius 1 is 1.06 bits per heavy atom. The van der Waals surface area contributed by atoms with E-state index >= 15 is 0 Å². The van der Waals surface area contributed by atoms with Crippen molar-refractivity contribution in [1.29, 1.82) is 0 Å². The fourth-order valence-electron chi connectivity index (χ4n) is 3.70. The minimum atomic E-state index is -0.190. The molecule has 0 saturated carbocycles. The molecule has 1 N–H and O–H groups in total. The first-order chi connectivity index (χ1) is 15.6. The molecule has 0 atom stereocenters. The standard InChI is InChI=1S/C25H26N4O3/c1-32-23-11-5-7-19(13-23)14-24(30)28-17-22(18-28)29(16-20-8-6-12-26-15-20)25(31)27-21-9-3-2-4-10-21/h2-13,15,22H,14,16-18H2,1H3,(H,27,31). The number of hydrogen-bond acceptors (Lipinski definition) is 4. The first-order valence-corrected chi connectivity index (χ1v) is 10.5. The highest BCUT2D eigenvalue weighted by atomic mass is 16.5. The largest absolute Gasteiger partial charge is 0.497 e. The van der Waals surface area contributed by atoms with Gasteiger partial charge in [0.2, 0.25) is 5.91 Å². The number of carbonyl (C=O) groups excluding carboxylic acids is 2. The third kappa shape index (κ3) is 5.24. The summed E-state index contributed by atoms with van der Waals surface area (Å²) in [7, 11) is 1.61. The Kier molecular flexibility index (Phi) is 6.65. The molecule has 1 aromatic heterocycles. The number of ether oxygens (including phenoxy) is 1. The summed E-state index contributed by atoms with van der Waals surface area (Å²) in [6.07, 6.45) is 3.77. The Morgan fingerprint density at radius 2 is 1.84 bits per heavy atom. The molecule has 2 aromatic carbocycles. The molecule has 0 aliphatic carbocycles. The van der Waals surface area contributed by atoms with Crippen LogP contribution in [0.1, 0.15) is 11.1 Å². The van der Waals surface area contributed by atoms with Crippen molar-refractivity contribution in [2.75, 3.05) is 25.5 Å². The van der Waals surface area contributed by atoms with Gasteiger partial charge >= 0.3 is 6.03 Å². The van der Waals surface area contributed by atoms with E-state index in [4.69, 9.17) is 4.74 Å². The monoisotopic (exact) mass is 430 g/mol. The highest BCUT2D eigenvalue weighted by Gasteiger charge is 2.37. The number of pyridine rings is 1. The predicted molar refractivity (Wildman–Crippen MR) is 122 cm³/mol. The number of aromatic nitrogens is 1. The summed E-state index contributed by atoms with van der Waals surface area (Å²) < 4.78 is 5.24. The van der Waals surface area contributed by atoms with Crippen LogP contribution in [0.2, 0.25) is 0 Å². The van der Waals surface area contributed by atoms with E-state index in [9.17, 15) is 9.59 Å². The Morgan fingerprint density at radius 3 is 2.56 bits per heavy atom. The first kappa shape index (κ1) is 21.4. The fourth-order valence-corrected chi connectivity index (χ4v) is 3.70. The number of urea groups is 1. The molecule has 0 radical (unpaired) electrons. The number of benzene rings is 2. The molecule has 164 valence electrons. The average Bonchev–Trinajstić information content (AvgIpc) is 2.79. The number of anilines is 1. The van der Waals surface area contributed by atoms with Gasteiger partial charge < -0.3 is 19.9 Å². The first-order valence-electron chi connectivity index (χ1n) is 10.5. The van der Waals surface area contributed by atoms with Crippen molar-refractivity contribution in [1.82, 2.24) is 14.8 Å². The molecular formula is C25H26N4O3. The predicted octanol–water partition coefficient (Wildman–Crippen LogP) is 3.58. The molecule has 1 saturated heterocycles. The van der Waals surface area contributed by atoms with Crippen molar-refractivity contribution in [2.24, 2.45) is 0 Å². The number of nitrogens with zero attached hydrogens (tertiary/aromatic N) is 3. The second-order valence-corrected chi connectivity index (χ2v) is 7.77. The Hall–Kier alpha value is -3.87. The van der Waals surface area contributed by atoms with Crippen molar-refractivity contribution in [3.8, 4) is 5.75 Å². The number of hydrogen-bond donors (Lipinski definition) is 1. The summed E-state index contributed by atoms with van der Waals surface area (Å²) in [4.78, 5) is 33.5. The Bertz CT molecular complexity index is 1050. The van der Waals surface area contributed by atoms with Crippen molar-refractivity contribution < 1.29 is 14.3 Å².